The number of rotatable bonds is 5. The van der Waals surface area contributed by atoms with Crippen LogP contribution in [-0.2, 0) is 17.1 Å². The van der Waals surface area contributed by atoms with Crippen LogP contribution in [0.15, 0.2) is 0 Å². The van der Waals surface area contributed by atoms with E-state index in [2.05, 4.69) is 0 Å². The summed E-state index contributed by atoms with van der Waals surface area (Å²) in [6.07, 6.45) is 1.97. The molecule has 0 spiro atoms. The van der Waals surface area contributed by atoms with Crippen molar-refractivity contribution in [3.05, 3.63) is 0 Å². The van der Waals surface area contributed by atoms with Crippen molar-refractivity contribution in [1.82, 2.24) is 0 Å². The standard InChI is InChI=1S/C8H16GeO4/c1-4-5-6-9(12-7(2)10)13-8(3)11/h9H,4-6H2,1-3H3. The van der Waals surface area contributed by atoms with Crippen LogP contribution in [0.4, 0.5) is 0 Å². The van der Waals surface area contributed by atoms with Crippen LogP contribution in [0.1, 0.15) is 33.6 Å². The number of hydrogen-bond acceptors (Lipinski definition) is 4. The number of unbranched alkanes of at least 4 members (excludes halogenated alkanes) is 1. The summed E-state index contributed by atoms with van der Waals surface area (Å²) in [6, 6.07) is 0. The van der Waals surface area contributed by atoms with E-state index in [1.165, 1.54) is 13.8 Å². The molecule has 0 bridgehead atoms. The van der Waals surface area contributed by atoms with Crippen LogP contribution >= 0.6 is 0 Å². The van der Waals surface area contributed by atoms with Crippen LogP contribution in [0.3, 0.4) is 0 Å². The molecule has 0 N–H and O–H groups in total. The van der Waals surface area contributed by atoms with E-state index >= 15 is 0 Å². The van der Waals surface area contributed by atoms with Gasteiger partial charge in [0.25, 0.3) is 0 Å². The van der Waals surface area contributed by atoms with Gasteiger partial charge in [-0.15, -0.1) is 0 Å². The van der Waals surface area contributed by atoms with Crippen molar-refractivity contribution < 1.29 is 17.1 Å². The number of carbonyl (C=O) groups excluding carboxylic acids is 2. The van der Waals surface area contributed by atoms with E-state index in [1.54, 1.807) is 0 Å². The van der Waals surface area contributed by atoms with Crippen molar-refractivity contribution in [1.29, 1.82) is 0 Å². The van der Waals surface area contributed by atoms with Crippen molar-refractivity contribution in [3.8, 4) is 0 Å². The topological polar surface area (TPSA) is 52.6 Å². The molecule has 0 unspecified atom stereocenters. The molecule has 0 aromatic heterocycles. The SMILES string of the molecule is CCC[CH2][GeH]([O]C(C)=O)[O]C(C)=O. The maximum atomic E-state index is 10.6. The fourth-order valence-electron chi connectivity index (χ4n) is 0.883. The molecule has 0 aromatic carbocycles. The quantitative estimate of drug-likeness (QED) is 0.685. The fourth-order valence-corrected chi connectivity index (χ4v) is 4.59. The summed E-state index contributed by atoms with van der Waals surface area (Å²) >= 11 is -2.54. The average molecular weight is 249 g/mol. The summed E-state index contributed by atoms with van der Waals surface area (Å²) in [6.45, 7) is 4.72. The first-order valence-corrected chi connectivity index (χ1v) is 8.09. The molecule has 0 aliphatic heterocycles. The van der Waals surface area contributed by atoms with E-state index in [-0.39, 0.29) is 11.9 Å². The normalized spacial score (nSPS) is 9.85. The van der Waals surface area contributed by atoms with Crippen LogP contribution in [0, 0.1) is 0 Å². The van der Waals surface area contributed by atoms with E-state index in [0.717, 1.165) is 18.1 Å². The van der Waals surface area contributed by atoms with Gasteiger partial charge in [0, 0.05) is 0 Å². The molecule has 0 radical (unpaired) electrons. The van der Waals surface area contributed by atoms with Crippen molar-refractivity contribution >= 4 is 27.0 Å². The average Bonchev–Trinajstić information content (AvgIpc) is 1.98. The van der Waals surface area contributed by atoms with E-state index in [1.807, 2.05) is 6.92 Å². The van der Waals surface area contributed by atoms with Gasteiger partial charge in [0.1, 0.15) is 0 Å². The third-order valence-electron chi connectivity index (χ3n) is 1.39. The second-order valence-electron chi connectivity index (χ2n) is 2.79. The van der Waals surface area contributed by atoms with Crippen molar-refractivity contribution in [2.75, 3.05) is 0 Å². The molecule has 0 aromatic rings. The van der Waals surface area contributed by atoms with Crippen molar-refractivity contribution in [3.63, 3.8) is 0 Å². The molecule has 0 rings (SSSR count). The van der Waals surface area contributed by atoms with Gasteiger partial charge in [-0.1, -0.05) is 0 Å². The predicted octanol–water partition coefficient (Wildman–Crippen LogP) is 1.13. The summed E-state index contributed by atoms with van der Waals surface area (Å²) in [5.74, 6) is -0.690. The first-order valence-electron chi connectivity index (χ1n) is 4.40. The second-order valence-corrected chi connectivity index (χ2v) is 6.79. The summed E-state index contributed by atoms with van der Waals surface area (Å²) in [5.41, 5.74) is 0. The van der Waals surface area contributed by atoms with Crippen LogP contribution in [-0.4, -0.2) is 27.0 Å². The van der Waals surface area contributed by atoms with Gasteiger partial charge in [-0.05, 0) is 0 Å². The van der Waals surface area contributed by atoms with Gasteiger partial charge in [0.2, 0.25) is 0 Å². The Labute approximate surface area is 83.4 Å². The van der Waals surface area contributed by atoms with Gasteiger partial charge in [-0.2, -0.15) is 0 Å². The van der Waals surface area contributed by atoms with Gasteiger partial charge in [0.05, 0.1) is 0 Å². The summed E-state index contributed by atoms with van der Waals surface area (Å²) in [7, 11) is 0. The molecule has 0 heterocycles. The zero-order chi connectivity index (χ0) is 10.3. The minimum atomic E-state index is -2.54. The van der Waals surface area contributed by atoms with Crippen molar-refractivity contribution in [2.45, 2.75) is 38.9 Å². The van der Waals surface area contributed by atoms with Gasteiger partial charge >= 0.3 is 82.9 Å². The Morgan fingerprint density at radius 3 is 1.92 bits per heavy atom. The molecule has 0 atom stereocenters. The summed E-state index contributed by atoms with van der Waals surface area (Å²) < 4.78 is 9.94. The Hall–Kier alpha value is -0.517. The van der Waals surface area contributed by atoms with Crippen LogP contribution < -0.4 is 0 Å². The van der Waals surface area contributed by atoms with Gasteiger partial charge in [-0.25, -0.2) is 0 Å². The fraction of sp³-hybridized carbons (Fsp3) is 0.750. The molecule has 13 heavy (non-hydrogen) atoms. The van der Waals surface area contributed by atoms with E-state index in [0.29, 0.717) is 0 Å². The van der Waals surface area contributed by atoms with Gasteiger partial charge < -0.3 is 0 Å². The molecule has 0 fully saturated rings. The number of hydrogen-bond donors (Lipinski definition) is 0. The Morgan fingerprint density at radius 1 is 1.15 bits per heavy atom. The molecule has 0 aliphatic carbocycles. The Morgan fingerprint density at radius 2 is 1.62 bits per heavy atom. The zero-order valence-electron chi connectivity index (χ0n) is 8.33. The molecule has 0 aliphatic rings. The molecule has 4 nitrogen and oxygen atoms in total. The second kappa shape index (κ2) is 6.94. The minimum absolute atomic E-state index is 0.345. The first kappa shape index (κ1) is 12.5. The molecule has 5 heteroatoms. The third-order valence-corrected chi connectivity index (χ3v) is 5.73. The molecule has 76 valence electrons. The van der Waals surface area contributed by atoms with Crippen LogP contribution in [0.5, 0.6) is 0 Å². The zero-order valence-corrected chi connectivity index (χ0v) is 10.8. The molecule has 0 saturated heterocycles. The van der Waals surface area contributed by atoms with E-state index in [9.17, 15) is 9.59 Å². The Balaban J connectivity index is 3.87. The summed E-state index contributed by atoms with van der Waals surface area (Å²) in [4.78, 5) is 21.3. The molecular formula is C8H16GeO4. The number of carbonyl (C=O) groups is 2. The van der Waals surface area contributed by atoms with Crippen LogP contribution in [0.2, 0.25) is 5.25 Å². The monoisotopic (exact) mass is 250 g/mol. The third kappa shape index (κ3) is 7.83. The van der Waals surface area contributed by atoms with E-state index < -0.39 is 15.0 Å². The molecule has 0 amide bonds. The van der Waals surface area contributed by atoms with E-state index in [4.69, 9.17) is 7.53 Å². The van der Waals surface area contributed by atoms with Gasteiger partial charge in [0.15, 0.2) is 0 Å². The first-order chi connectivity index (χ1) is 6.06. The summed E-state index contributed by atoms with van der Waals surface area (Å²) in [5, 5.41) is 0.753. The maximum absolute atomic E-state index is 10.6. The predicted molar refractivity (Wildman–Crippen MR) is 50.4 cm³/mol. The van der Waals surface area contributed by atoms with Crippen LogP contribution in [0.25, 0.3) is 0 Å². The Kier molecular flexibility index (Phi) is 6.67. The molecule has 0 saturated carbocycles. The van der Waals surface area contributed by atoms with Gasteiger partial charge in [-0.3, -0.25) is 0 Å². The van der Waals surface area contributed by atoms with Crippen molar-refractivity contribution in [2.24, 2.45) is 0 Å². The molecular weight excluding hydrogens is 233 g/mol. The Bertz CT molecular complexity index is 165.